The molecular weight excluding hydrogens is 288 g/mol. The van der Waals surface area contributed by atoms with Crippen LogP contribution in [0.5, 0.6) is 0 Å². The number of carbonyl (C=O) groups excluding carboxylic acids is 2. The lowest BCUT2D eigenvalue weighted by Crippen LogP contribution is -2.37. The lowest BCUT2D eigenvalue weighted by molar-refractivity contribution is -0.117. The highest BCUT2D eigenvalue weighted by atomic mass is 16.2. The summed E-state index contributed by atoms with van der Waals surface area (Å²) >= 11 is 0. The third kappa shape index (κ3) is 3.42. The lowest BCUT2D eigenvalue weighted by Gasteiger charge is -2.17. The van der Waals surface area contributed by atoms with E-state index in [9.17, 15) is 9.59 Å². The highest BCUT2D eigenvalue weighted by Crippen LogP contribution is 2.22. The van der Waals surface area contributed by atoms with Gasteiger partial charge in [0.1, 0.15) is 0 Å². The number of rotatable bonds is 3. The Balaban J connectivity index is 1.66. The highest BCUT2D eigenvalue weighted by Gasteiger charge is 2.31. The van der Waals surface area contributed by atoms with Gasteiger partial charge in [-0.25, -0.2) is 0 Å². The van der Waals surface area contributed by atoms with Crippen LogP contribution in [0.4, 0.5) is 5.69 Å². The van der Waals surface area contributed by atoms with Crippen molar-refractivity contribution in [2.24, 2.45) is 0 Å². The number of nitrogens with zero attached hydrogens (tertiary/aromatic N) is 1. The Bertz CT molecular complexity index is 720. The molecule has 0 radical (unpaired) electrons. The molecule has 0 aromatic heterocycles. The summed E-state index contributed by atoms with van der Waals surface area (Å²) in [5.41, 5.74) is 3.78. The molecule has 1 heterocycles. The predicted molar refractivity (Wildman–Crippen MR) is 90.6 cm³/mol. The molecule has 4 heteroatoms. The van der Waals surface area contributed by atoms with Gasteiger partial charge in [0, 0.05) is 24.2 Å². The summed E-state index contributed by atoms with van der Waals surface area (Å²) in [4.78, 5) is 26.2. The van der Waals surface area contributed by atoms with Crippen LogP contribution >= 0.6 is 0 Å². The molecule has 1 atom stereocenters. The zero-order valence-electron chi connectivity index (χ0n) is 13.4. The van der Waals surface area contributed by atoms with E-state index in [4.69, 9.17) is 0 Å². The summed E-state index contributed by atoms with van der Waals surface area (Å²) in [6.07, 6.45) is 0.339. The minimum atomic E-state index is -0.155. The van der Waals surface area contributed by atoms with Gasteiger partial charge in [-0.3, -0.25) is 9.59 Å². The maximum Gasteiger partial charge on any atom is 0.251 e. The number of nitrogens with one attached hydrogen (secondary N) is 1. The number of carbonyl (C=O) groups is 2. The van der Waals surface area contributed by atoms with Crippen LogP contribution in [0, 0.1) is 13.8 Å². The van der Waals surface area contributed by atoms with Crippen molar-refractivity contribution in [2.45, 2.75) is 26.3 Å². The van der Waals surface area contributed by atoms with Gasteiger partial charge in [-0.15, -0.1) is 0 Å². The van der Waals surface area contributed by atoms with Crippen LogP contribution in [0.3, 0.4) is 0 Å². The Morgan fingerprint density at radius 3 is 2.17 bits per heavy atom. The van der Waals surface area contributed by atoms with Crippen molar-refractivity contribution >= 4 is 17.5 Å². The van der Waals surface area contributed by atoms with Gasteiger partial charge in [0.15, 0.2) is 0 Å². The smallest absolute Gasteiger partial charge is 0.251 e. The summed E-state index contributed by atoms with van der Waals surface area (Å²) in [6, 6.07) is 15.1. The minimum absolute atomic E-state index is 0.0445. The van der Waals surface area contributed by atoms with Crippen LogP contribution in [-0.4, -0.2) is 24.4 Å². The van der Waals surface area contributed by atoms with Crippen LogP contribution in [0.15, 0.2) is 48.5 Å². The zero-order chi connectivity index (χ0) is 16.4. The molecule has 0 saturated carbocycles. The fraction of sp³-hybridized carbons (Fsp3) is 0.263. The van der Waals surface area contributed by atoms with Gasteiger partial charge in [-0.05, 0) is 38.1 Å². The summed E-state index contributed by atoms with van der Waals surface area (Å²) in [5, 5.41) is 2.95. The van der Waals surface area contributed by atoms with Crippen molar-refractivity contribution in [1.29, 1.82) is 0 Å². The van der Waals surface area contributed by atoms with Gasteiger partial charge < -0.3 is 10.2 Å². The Hall–Kier alpha value is -2.62. The molecule has 4 nitrogen and oxygen atoms in total. The van der Waals surface area contributed by atoms with Crippen LogP contribution in [0.1, 0.15) is 27.9 Å². The van der Waals surface area contributed by atoms with E-state index < -0.39 is 0 Å². The largest absolute Gasteiger partial charge is 0.347 e. The van der Waals surface area contributed by atoms with Crippen molar-refractivity contribution < 1.29 is 9.59 Å². The average Bonchev–Trinajstić information content (AvgIpc) is 2.89. The zero-order valence-corrected chi connectivity index (χ0v) is 13.4. The molecule has 2 amide bonds. The Morgan fingerprint density at radius 2 is 1.57 bits per heavy atom. The highest BCUT2D eigenvalue weighted by molar-refractivity contribution is 5.98. The maximum absolute atomic E-state index is 12.3. The summed E-state index contributed by atoms with van der Waals surface area (Å²) in [7, 11) is 0. The number of amides is 2. The molecule has 1 aliphatic heterocycles. The van der Waals surface area contributed by atoms with Crippen LogP contribution in [0.2, 0.25) is 0 Å². The molecule has 2 aromatic carbocycles. The van der Waals surface area contributed by atoms with Gasteiger partial charge in [-0.1, -0.05) is 35.4 Å². The molecule has 2 aromatic rings. The van der Waals surface area contributed by atoms with Gasteiger partial charge in [0.2, 0.25) is 5.91 Å². The lowest BCUT2D eigenvalue weighted by atomic mass is 10.1. The van der Waals surface area contributed by atoms with E-state index in [-0.39, 0.29) is 17.9 Å². The third-order valence-corrected chi connectivity index (χ3v) is 4.12. The number of anilines is 1. The first-order chi connectivity index (χ1) is 11.0. The summed E-state index contributed by atoms with van der Waals surface area (Å²) in [5.74, 6) is -0.0865. The Labute approximate surface area is 136 Å². The van der Waals surface area contributed by atoms with Crippen LogP contribution < -0.4 is 10.2 Å². The van der Waals surface area contributed by atoms with E-state index in [1.165, 1.54) is 0 Å². The number of benzene rings is 2. The third-order valence-electron chi connectivity index (χ3n) is 4.12. The van der Waals surface area contributed by atoms with Gasteiger partial charge in [0.05, 0.1) is 6.04 Å². The Morgan fingerprint density at radius 1 is 1.00 bits per heavy atom. The van der Waals surface area contributed by atoms with Gasteiger partial charge in [-0.2, -0.15) is 0 Å². The molecule has 3 rings (SSSR count). The van der Waals surface area contributed by atoms with E-state index in [1.54, 1.807) is 17.0 Å². The van der Waals surface area contributed by atoms with E-state index in [0.29, 0.717) is 18.5 Å². The van der Waals surface area contributed by atoms with Crippen molar-refractivity contribution in [1.82, 2.24) is 5.32 Å². The monoisotopic (exact) mass is 308 g/mol. The number of aryl methyl sites for hydroxylation is 2. The molecule has 1 saturated heterocycles. The summed E-state index contributed by atoms with van der Waals surface area (Å²) < 4.78 is 0. The molecule has 1 unspecified atom stereocenters. The van der Waals surface area contributed by atoms with Crippen LogP contribution in [-0.2, 0) is 4.79 Å². The van der Waals surface area contributed by atoms with Crippen molar-refractivity contribution in [3.8, 4) is 0 Å². The second kappa shape index (κ2) is 6.24. The first-order valence-corrected chi connectivity index (χ1v) is 7.77. The van der Waals surface area contributed by atoms with Crippen LogP contribution in [0.25, 0.3) is 0 Å². The Kier molecular flexibility index (Phi) is 4.15. The molecule has 1 aliphatic rings. The van der Waals surface area contributed by atoms with E-state index >= 15 is 0 Å². The molecule has 0 bridgehead atoms. The molecule has 118 valence electrons. The van der Waals surface area contributed by atoms with Gasteiger partial charge >= 0.3 is 0 Å². The first kappa shape index (κ1) is 15.3. The van der Waals surface area contributed by atoms with E-state index in [0.717, 1.165) is 16.8 Å². The van der Waals surface area contributed by atoms with Crippen molar-refractivity contribution in [3.05, 3.63) is 65.2 Å². The van der Waals surface area contributed by atoms with Crippen molar-refractivity contribution in [3.63, 3.8) is 0 Å². The fourth-order valence-electron chi connectivity index (χ4n) is 2.75. The predicted octanol–water partition coefficient (Wildman–Crippen LogP) is 2.84. The number of hydrogen-bond acceptors (Lipinski definition) is 2. The summed E-state index contributed by atoms with van der Waals surface area (Å²) in [6.45, 7) is 4.51. The number of hydrogen-bond donors (Lipinski definition) is 1. The standard InChI is InChI=1S/C19H20N2O2/c1-13-3-7-15(8-4-13)19(23)20-16-11-18(22)21(12-16)17-9-5-14(2)6-10-17/h3-10,16H,11-12H2,1-2H3,(H,20,23). The van der Waals surface area contributed by atoms with E-state index in [1.807, 2.05) is 50.2 Å². The molecule has 1 N–H and O–H groups in total. The molecule has 1 fully saturated rings. The second-order valence-corrected chi connectivity index (χ2v) is 6.08. The van der Waals surface area contributed by atoms with E-state index in [2.05, 4.69) is 5.32 Å². The fourth-order valence-corrected chi connectivity index (χ4v) is 2.75. The van der Waals surface area contributed by atoms with Crippen molar-refractivity contribution in [2.75, 3.05) is 11.4 Å². The minimum Gasteiger partial charge on any atom is -0.347 e. The SMILES string of the molecule is Cc1ccc(C(=O)NC2CC(=O)N(c3ccc(C)cc3)C2)cc1. The quantitative estimate of drug-likeness (QED) is 0.948. The molecule has 0 spiro atoms. The molecular formula is C19H20N2O2. The normalized spacial score (nSPS) is 17.4. The maximum atomic E-state index is 12.3. The molecule has 0 aliphatic carbocycles. The van der Waals surface area contributed by atoms with Gasteiger partial charge in [0.25, 0.3) is 5.91 Å². The first-order valence-electron chi connectivity index (χ1n) is 7.77. The topological polar surface area (TPSA) is 49.4 Å². The second-order valence-electron chi connectivity index (χ2n) is 6.08. The molecule has 23 heavy (non-hydrogen) atoms. The average molecular weight is 308 g/mol.